The van der Waals surface area contributed by atoms with E-state index in [4.69, 9.17) is 5.73 Å². The van der Waals surface area contributed by atoms with E-state index in [1.807, 2.05) is 0 Å². The maximum Gasteiger partial charge on any atom is 0.407 e. The van der Waals surface area contributed by atoms with Gasteiger partial charge in [0, 0.05) is 19.1 Å². The summed E-state index contributed by atoms with van der Waals surface area (Å²) in [5, 5.41) is 9.22. The molecule has 2 rings (SSSR count). The molecule has 3 N–H and O–H groups in total. The minimum absolute atomic E-state index is 0.0127. The summed E-state index contributed by atoms with van der Waals surface area (Å²) in [4.78, 5) is 36.9. The molecule has 1 saturated heterocycles. The molecule has 8 heteroatoms. The summed E-state index contributed by atoms with van der Waals surface area (Å²) in [5.41, 5.74) is 5.59. The second-order valence-electron chi connectivity index (χ2n) is 5.17. The molecule has 0 aliphatic carbocycles. The van der Waals surface area contributed by atoms with Crippen LogP contribution in [0.1, 0.15) is 18.5 Å². The van der Waals surface area contributed by atoms with E-state index in [1.54, 1.807) is 6.92 Å². The van der Waals surface area contributed by atoms with Crippen molar-refractivity contribution in [2.75, 3.05) is 13.1 Å². The number of primary amides is 1. The SMILES string of the molecule is C[C@@H]1CN(C(=O)C(N)=O)[C@@H](c2ccc(F)cc2)CN1C(=O)O. The number of halogens is 1. The molecule has 1 fully saturated rings. The predicted octanol–water partition coefficient (Wildman–Crippen LogP) is 0.563. The van der Waals surface area contributed by atoms with Gasteiger partial charge in [0.05, 0.1) is 6.04 Å². The van der Waals surface area contributed by atoms with Gasteiger partial charge < -0.3 is 20.6 Å². The monoisotopic (exact) mass is 309 g/mol. The van der Waals surface area contributed by atoms with Crippen LogP contribution in [-0.4, -0.2) is 51.9 Å². The zero-order valence-electron chi connectivity index (χ0n) is 11.9. The van der Waals surface area contributed by atoms with Gasteiger partial charge in [-0.25, -0.2) is 9.18 Å². The molecule has 0 bridgehead atoms. The number of nitrogens with zero attached hydrogens (tertiary/aromatic N) is 2. The Kier molecular flexibility index (Phi) is 4.30. The Bertz CT molecular complexity index is 605. The first-order valence-corrected chi connectivity index (χ1v) is 6.66. The van der Waals surface area contributed by atoms with E-state index in [9.17, 15) is 23.9 Å². The Morgan fingerprint density at radius 3 is 2.27 bits per heavy atom. The molecule has 1 aromatic carbocycles. The average Bonchev–Trinajstić information content (AvgIpc) is 2.46. The van der Waals surface area contributed by atoms with E-state index in [2.05, 4.69) is 0 Å². The molecule has 0 saturated carbocycles. The Hall–Kier alpha value is -2.64. The number of amides is 3. The molecule has 1 aromatic rings. The van der Waals surface area contributed by atoms with Gasteiger partial charge in [-0.05, 0) is 24.6 Å². The molecular weight excluding hydrogens is 293 g/mol. The molecule has 22 heavy (non-hydrogen) atoms. The van der Waals surface area contributed by atoms with Crippen molar-refractivity contribution in [2.45, 2.75) is 19.0 Å². The molecule has 1 aliphatic rings. The van der Waals surface area contributed by atoms with Gasteiger partial charge in [-0.2, -0.15) is 0 Å². The lowest BCUT2D eigenvalue weighted by atomic mass is 9.99. The first-order chi connectivity index (χ1) is 10.3. The molecule has 0 spiro atoms. The van der Waals surface area contributed by atoms with Crippen LogP contribution in [0, 0.1) is 5.82 Å². The van der Waals surface area contributed by atoms with Crippen molar-refractivity contribution in [1.29, 1.82) is 0 Å². The predicted molar refractivity (Wildman–Crippen MR) is 74.2 cm³/mol. The molecule has 1 aliphatic heterocycles. The van der Waals surface area contributed by atoms with E-state index < -0.39 is 35.8 Å². The number of rotatable bonds is 1. The summed E-state index contributed by atoms with van der Waals surface area (Å²) in [6.07, 6.45) is -1.12. The van der Waals surface area contributed by atoms with Crippen molar-refractivity contribution in [3.8, 4) is 0 Å². The minimum Gasteiger partial charge on any atom is -0.465 e. The quantitative estimate of drug-likeness (QED) is 0.740. The van der Waals surface area contributed by atoms with Crippen LogP contribution in [0.25, 0.3) is 0 Å². The van der Waals surface area contributed by atoms with Crippen LogP contribution < -0.4 is 5.73 Å². The second-order valence-corrected chi connectivity index (χ2v) is 5.17. The average molecular weight is 309 g/mol. The number of hydrogen-bond donors (Lipinski definition) is 2. The lowest BCUT2D eigenvalue weighted by Gasteiger charge is -2.43. The summed E-state index contributed by atoms with van der Waals surface area (Å²) >= 11 is 0. The largest absolute Gasteiger partial charge is 0.465 e. The number of nitrogens with two attached hydrogens (primary N) is 1. The molecule has 0 radical (unpaired) electrons. The lowest BCUT2D eigenvalue weighted by Crippen LogP contribution is -2.58. The van der Waals surface area contributed by atoms with Gasteiger partial charge in [-0.3, -0.25) is 9.59 Å². The fraction of sp³-hybridized carbons (Fsp3) is 0.357. The fourth-order valence-electron chi connectivity index (χ4n) is 2.58. The zero-order valence-corrected chi connectivity index (χ0v) is 11.9. The van der Waals surface area contributed by atoms with Crippen molar-refractivity contribution in [1.82, 2.24) is 9.80 Å². The van der Waals surface area contributed by atoms with Gasteiger partial charge in [0.1, 0.15) is 5.82 Å². The second kappa shape index (κ2) is 6.00. The summed E-state index contributed by atoms with van der Waals surface area (Å²) in [7, 11) is 0. The van der Waals surface area contributed by atoms with Crippen LogP contribution in [0.4, 0.5) is 9.18 Å². The molecule has 0 unspecified atom stereocenters. The van der Waals surface area contributed by atoms with Gasteiger partial charge in [0.2, 0.25) is 0 Å². The third-order valence-electron chi connectivity index (χ3n) is 3.71. The van der Waals surface area contributed by atoms with Gasteiger partial charge in [0.25, 0.3) is 0 Å². The topological polar surface area (TPSA) is 104 Å². The van der Waals surface area contributed by atoms with Crippen LogP contribution in [0.2, 0.25) is 0 Å². The van der Waals surface area contributed by atoms with E-state index in [0.717, 1.165) is 0 Å². The number of carbonyl (C=O) groups is 3. The molecule has 3 amide bonds. The van der Waals surface area contributed by atoms with Gasteiger partial charge in [-0.1, -0.05) is 12.1 Å². The first kappa shape index (κ1) is 15.7. The lowest BCUT2D eigenvalue weighted by molar-refractivity contribution is -0.148. The fourth-order valence-corrected chi connectivity index (χ4v) is 2.58. The number of benzene rings is 1. The molecule has 0 aromatic heterocycles. The molecule has 1 heterocycles. The number of hydrogen-bond acceptors (Lipinski definition) is 3. The van der Waals surface area contributed by atoms with E-state index >= 15 is 0 Å². The number of carboxylic acid groups (broad SMARTS) is 1. The molecular formula is C14H16FN3O4. The van der Waals surface area contributed by atoms with Crippen LogP contribution in [0.15, 0.2) is 24.3 Å². The third kappa shape index (κ3) is 3.00. The standard InChI is InChI=1S/C14H16FN3O4/c1-8-6-18(13(20)12(16)19)11(7-17(8)14(21)22)9-2-4-10(15)5-3-9/h2-5,8,11H,6-7H2,1H3,(H2,16,19)(H,21,22)/t8-,11-/m1/s1. The van der Waals surface area contributed by atoms with E-state index in [1.165, 1.54) is 34.1 Å². The van der Waals surface area contributed by atoms with Crippen LogP contribution in [0.3, 0.4) is 0 Å². The van der Waals surface area contributed by atoms with Crippen molar-refractivity contribution in [3.63, 3.8) is 0 Å². The molecule has 118 valence electrons. The van der Waals surface area contributed by atoms with Gasteiger partial charge in [-0.15, -0.1) is 0 Å². The summed E-state index contributed by atoms with van der Waals surface area (Å²) < 4.78 is 13.0. The van der Waals surface area contributed by atoms with Gasteiger partial charge >= 0.3 is 17.9 Å². The van der Waals surface area contributed by atoms with Crippen LogP contribution in [0.5, 0.6) is 0 Å². The maximum absolute atomic E-state index is 13.0. The Morgan fingerprint density at radius 1 is 1.18 bits per heavy atom. The third-order valence-corrected chi connectivity index (χ3v) is 3.71. The number of carbonyl (C=O) groups excluding carboxylic acids is 2. The summed E-state index contributed by atoms with van der Waals surface area (Å²) in [6.45, 7) is 1.66. The molecule has 2 atom stereocenters. The van der Waals surface area contributed by atoms with Crippen LogP contribution >= 0.6 is 0 Å². The van der Waals surface area contributed by atoms with Crippen molar-refractivity contribution < 1.29 is 23.9 Å². The van der Waals surface area contributed by atoms with Gasteiger partial charge in [0.15, 0.2) is 0 Å². The smallest absolute Gasteiger partial charge is 0.407 e. The maximum atomic E-state index is 13.0. The normalized spacial score (nSPS) is 21.5. The minimum atomic E-state index is -1.12. The van der Waals surface area contributed by atoms with Crippen molar-refractivity contribution >= 4 is 17.9 Å². The van der Waals surface area contributed by atoms with Crippen molar-refractivity contribution in [3.05, 3.63) is 35.6 Å². The first-order valence-electron chi connectivity index (χ1n) is 6.66. The highest BCUT2D eigenvalue weighted by molar-refractivity contribution is 6.34. The highest BCUT2D eigenvalue weighted by Crippen LogP contribution is 2.28. The Labute approximate surface area is 126 Å². The number of piperazine rings is 1. The zero-order chi connectivity index (χ0) is 16.4. The van der Waals surface area contributed by atoms with Crippen LogP contribution in [-0.2, 0) is 9.59 Å². The summed E-state index contributed by atoms with van der Waals surface area (Å²) in [6, 6.07) is 4.18. The summed E-state index contributed by atoms with van der Waals surface area (Å²) in [5.74, 6) is -2.44. The molecule has 7 nitrogen and oxygen atoms in total. The highest BCUT2D eigenvalue weighted by Gasteiger charge is 2.38. The Morgan fingerprint density at radius 2 is 1.77 bits per heavy atom. The Balaban J connectivity index is 2.37. The van der Waals surface area contributed by atoms with E-state index in [0.29, 0.717) is 5.56 Å². The highest BCUT2D eigenvalue weighted by atomic mass is 19.1. The van der Waals surface area contributed by atoms with E-state index in [-0.39, 0.29) is 13.1 Å². The van der Waals surface area contributed by atoms with Crippen molar-refractivity contribution in [2.24, 2.45) is 5.73 Å².